The minimum absolute atomic E-state index is 0.0522. The van der Waals surface area contributed by atoms with Gasteiger partial charge in [-0.05, 0) is 23.8 Å². The molecule has 0 aromatic heterocycles. The van der Waals surface area contributed by atoms with Crippen LogP contribution in [0.3, 0.4) is 0 Å². The molecule has 7 nitrogen and oxygen atoms in total. The second-order valence-corrected chi connectivity index (χ2v) is 7.97. The number of sulfonamides is 1. The predicted octanol–water partition coefficient (Wildman–Crippen LogP) is 1.84. The quantitative estimate of drug-likeness (QED) is 0.745. The molecule has 2 rings (SSSR count). The standard InChI is InChI=1S/C17H18ClN3O4S/c1-26(24,25)21(10-12-6-2-4-8-14(12)18)11-16(22)20-15-9-5-3-7-13(15)17(19)23/h2-9H,10-11H2,1H3,(H2,19,23)(H,20,22). The van der Waals surface area contributed by atoms with Crippen molar-refractivity contribution in [3.05, 3.63) is 64.7 Å². The molecule has 0 bridgehead atoms. The van der Waals surface area contributed by atoms with Crippen molar-refractivity contribution in [1.29, 1.82) is 0 Å². The zero-order valence-corrected chi connectivity index (χ0v) is 15.5. The normalized spacial score (nSPS) is 11.3. The molecule has 2 aromatic rings. The number of carbonyl (C=O) groups is 2. The van der Waals surface area contributed by atoms with Crippen molar-refractivity contribution in [3.8, 4) is 0 Å². The van der Waals surface area contributed by atoms with Crippen LogP contribution in [0.2, 0.25) is 5.02 Å². The fraction of sp³-hybridized carbons (Fsp3) is 0.176. The van der Waals surface area contributed by atoms with Crippen molar-refractivity contribution >= 4 is 39.1 Å². The Labute approximate surface area is 156 Å². The summed E-state index contributed by atoms with van der Waals surface area (Å²) in [5.41, 5.74) is 6.20. The molecule has 0 saturated carbocycles. The molecule has 2 aromatic carbocycles. The SMILES string of the molecule is CS(=O)(=O)N(CC(=O)Nc1ccccc1C(N)=O)Cc1ccccc1Cl. The summed E-state index contributed by atoms with van der Waals surface area (Å²) in [7, 11) is -3.67. The highest BCUT2D eigenvalue weighted by atomic mass is 35.5. The molecule has 0 saturated heterocycles. The molecule has 0 atom stereocenters. The lowest BCUT2D eigenvalue weighted by atomic mass is 10.1. The van der Waals surface area contributed by atoms with Crippen LogP contribution < -0.4 is 11.1 Å². The van der Waals surface area contributed by atoms with E-state index in [0.29, 0.717) is 10.6 Å². The highest BCUT2D eigenvalue weighted by Crippen LogP contribution is 2.19. The minimum Gasteiger partial charge on any atom is -0.366 e. The lowest BCUT2D eigenvalue weighted by Gasteiger charge is -2.20. The van der Waals surface area contributed by atoms with Gasteiger partial charge >= 0.3 is 0 Å². The predicted molar refractivity (Wildman–Crippen MR) is 100 cm³/mol. The van der Waals surface area contributed by atoms with Gasteiger partial charge in [0.15, 0.2) is 0 Å². The van der Waals surface area contributed by atoms with Gasteiger partial charge in [-0.25, -0.2) is 8.42 Å². The van der Waals surface area contributed by atoms with E-state index in [0.717, 1.165) is 10.6 Å². The number of benzene rings is 2. The van der Waals surface area contributed by atoms with Gasteiger partial charge in [0.1, 0.15) is 0 Å². The van der Waals surface area contributed by atoms with Gasteiger partial charge in [-0.1, -0.05) is 41.9 Å². The molecular weight excluding hydrogens is 378 g/mol. The van der Waals surface area contributed by atoms with Crippen molar-refractivity contribution in [1.82, 2.24) is 4.31 Å². The Balaban J connectivity index is 2.18. The van der Waals surface area contributed by atoms with Gasteiger partial charge in [0, 0.05) is 11.6 Å². The van der Waals surface area contributed by atoms with Crippen LogP contribution in [0.25, 0.3) is 0 Å². The number of amides is 2. The van der Waals surface area contributed by atoms with Crippen molar-refractivity contribution in [2.24, 2.45) is 5.73 Å². The van der Waals surface area contributed by atoms with Crippen LogP contribution >= 0.6 is 11.6 Å². The van der Waals surface area contributed by atoms with Crippen LogP contribution in [0.1, 0.15) is 15.9 Å². The van der Waals surface area contributed by atoms with Gasteiger partial charge in [0.05, 0.1) is 24.1 Å². The van der Waals surface area contributed by atoms with Crippen LogP contribution in [0.15, 0.2) is 48.5 Å². The molecule has 26 heavy (non-hydrogen) atoms. The Morgan fingerprint density at radius 2 is 1.73 bits per heavy atom. The van der Waals surface area contributed by atoms with Crippen molar-refractivity contribution in [2.45, 2.75) is 6.54 Å². The maximum Gasteiger partial charge on any atom is 0.250 e. The number of nitrogens with one attached hydrogen (secondary N) is 1. The summed E-state index contributed by atoms with van der Waals surface area (Å²) in [4.78, 5) is 23.7. The molecular formula is C17H18ClN3O4S. The summed E-state index contributed by atoms with van der Waals surface area (Å²) < 4.78 is 25.1. The molecule has 0 aliphatic carbocycles. The van der Waals surface area contributed by atoms with Crippen LogP contribution in [-0.4, -0.2) is 37.3 Å². The minimum atomic E-state index is -3.67. The van der Waals surface area contributed by atoms with Crippen LogP contribution in [0, 0.1) is 0 Å². The summed E-state index contributed by atoms with van der Waals surface area (Å²) >= 11 is 6.07. The van der Waals surface area contributed by atoms with E-state index in [1.54, 1.807) is 36.4 Å². The summed E-state index contributed by atoms with van der Waals surface area (Å²) in [5.74, 6) is -1.30. The van der Waals surface area contributed by atoms with Crippen LogP contribution in [-0.2, 0) is 21.4 Å². The van der Waals surface area contributed by atoms with Gasteiger partial charge < -0.3 is 11.1 Å². The number of halogens is 1. The molecule has 3 N–H and O–H groups in total. The first kappa shape index (κ1) is 19.9. The molecule has 0 fully saturated rings. The third kappa shape index (κ3) is 5.29. The third-order valence-electron chi connectivity index (χ3n) is 3.56. The highest BCUT2D eigenvalue weighted by molar-refractivity contribution is 7.88. The average Bonchev–Trinajstić information content (AvgIpc) is 2.55. The Morgan fingerprint density at radius 1 is 1.12 bits per heavy atom. The second-order valence-electron chi connectivity index (χ2n) is 5.58. The molecule has 0 aliphatic heterocycles. The Morgan fingerprint density at radius 3 is 2.35 bits per heavy atom. The van der Waals surface area contributed by atoms with E-state index in [1.807, 2.05) is 0 Å². The summed E-state index contributed by atoms with van der Waals surface area (Å²) in [6.07, 6.45) is 1.01. The smallest absolute Gasteiger partial charge is 0.250 e. The number of primary amides is 1. The molecule has 0 unspecified atom stereocenters. The average molecular weight is 396 g/mol. The first-order chi connectivity index (χ1) is 12.2. The number of anilines is 1. The van der Waals surface area contributed by atoms with E-state index in [9.17, 15) is 18.0 Å². The first-order valence-electron chi connectivity index (χ1n) is 7.55. The summed E-state index contributed by atoms with van der Waals surface area (Å²) in [5, 5.41) is 2.92. The number of hydrogen-bond acceptors (Lipinski definition) is 4. The highest BCUT2D eigenvalue weighted by Gasteiger charge is 2.22. The molecule has 2 amide bonds. The monoisotopic (exact) mass is 395 g/mol. The summed E-state index contributed by atoms with van der Waals surface area (Å²) in [6.45, 7) is -0.486. The molecule has 138 valence electrons. The first-order valence-corrected chi connectivity index (χ1v) is 9.78. The van der Waals surface area contributed by atoms with E-state index in [1.165, 1.54) is 12.1 Å². The number of para-hydroxylation sites is 1. The number of carbonyl (C=O) groups excluding carboxylic acids is 2. The van der Waals surface area contributed by atoms with E-state index in [2.05, 4.69) is 5.32 Å². The number of rotatable bonds is 7. The second kappa shape index (κ2) is 8.31. The molecule has 9 heteroatoms. The third-order valence-corrected chi connectivity index (χ3v) is 5.13. The maximum atomic E-state index is 12.3. The molecule has 0 aliphatic rings. The van der Waals surface area contributed by atoms with Gasteiger partial charge in [0.25, 0.3) is 5.91 Å². The Kier molecular flexibility index (Phi) is 6.36. The summed E-state index contributed by atoms with van der Waals surface area (Å²) in [6, 6.07) is 13.0. The lowest BCUT2D eigenvalue weighted by Crippen LogP contribution is -2.37. The van der Waals surface area contributed by atoms with E-state index in [-0.39, 0.29) is 17.8 Å². The Hall–Kier alpha value is -2.42. The largest absolute Gasteiger partial charge is 0.366 e. The van der Waals surface area contributed by atoms with Crippen LogP contribution in [0.4, 0.5) is 5.69 Å². The van der Waals surface area contributed by atoms with E-state index >= 15 is 0 Å². The fourth-order valence-corrected chi connectivity index (χ4v) is 3.18. The number of nitrogens with two attached hydrogens (primary N) is 1. The van der Waals surface area contributed by atoms with Gasteiger partial charge in [-0.3, -0.25) is 9.59 Å². The lowest BCUT2D eigenvalue weighted by molar-refractivity contribution is -0.116. The number of nitrogens with zero attached hydrogens (tertiary/aromatic N) is 1. The molecule has 0 heterocycles. The zero-order chi connectivity index (χ0) is 19.3. The van der Waals surface area contributed by atoms with Crippen molar-refractivity contribution in [3.63, 3.8) is 0 Å². The zero-order valence-electron chi connectivity index (χ0n) is 14.0. The number of hydrogen-bond donors (Lipinski definition) is 2. The van der Waals surface area contributed by atoms with Gasteiger partial charge in [-0.15, -0.1) is 0 Å². The van der Waals surface area contributed by atoms with E-state index in [4.69, 9.17) is 17.3 Å². The van der Waals surface area contributed by atoms with Gasteiger partial charge in [0.2, 0.25) is 15.9 Å². The molecule has 0 spiro atoms. The van der Waals surface area contributed by atoms with Gasteiger partial charge in [-0.2, -0.15) is 4.31 Å². The fourth-order valence-electron chi connectivity index (χ4n) is 2.26. The molecule has 0 radical (unpaired) electrons. The van der Waals surface area contributed by atoms with Crippen molar-refractivity contribution < 1.29 is 18.0 Å². The maximum absolute atomic E-state index is 12.3. The van der Waals surface area contributed by atoms with Crippen molar-refractivity contribution in [2.75, 3.05) is 18.1 Å². The topological polar surface area (TPSA) is 110 Å². The Bertz CT molecular complexity index is 931. The van der Waals surface area contributed by atoms with E-state index < -0.39 is 28.4 Å². The van der Waals surface area contributed by atoms with Crippen LogP contribution in [0.5, 0.6) is 0 Å².